The molecule has 12 nitrogen and oxygen atoms in total. The number of aliphatic carboxylic acids is 1. The smallest absolute Gasteiger partial charge is 0.326 e. The van der Waals surface area contributed by atoms with Gasteiger partial charge in [0.2, 0.25) is 23.6 Å². The molecule has 0 aliphatic carbocycles. The number of carboxylic acids is 1. The van der Waals surface area contributed by atoms with Crippen molar-refractivity contribution < 1.29 is 29.1 Å². The van der Waals surface area contributed by atoms with Crippen LogP contribution in [0.4, 0.5) is 0 Å². The first kappa shape index (κ1) is 25.5. The number of carboxylic acid groups (broad SMARTS) is 1. The first-order valence-electron chi connectivity index (χ1n) is 11.1. The van der Waals surface area contributed by atoms with Gasteiger partial charge in [0.05, 0.1) is 12.5 Å². The molecule has 2 fully saturated rings. The number of likely N-dealkylation sites (tertiary alicyclic amines) is 1. The second kappa shape index (κ2) is 12.3. The molecule has 2 rings (SSSR count). The van der Waals surface area contributed by atoms with Gasteiger partial charge in [0.15, 0.2) is 0 Å². The van der Waals surface area contributed by atoms with E-state index in [2.05, 4.69) is 16.0 Å². The minimum absolute atomic E-state index is 0.151. The van der Waals surface area contributed by atoms with Crippen LogP contribution in [0.2, 0.25) is 0 Å². The summed E-state index contributed by atoms with van der Waals surface area (Å²) in [6, 6.07) is -3.59. The molecule has 0 saturated carbocycles. The van der Waals surface area contributed by atoms with Crippen molar-refractivity contribution in [3.63, 3.8) is 0 Å². The number of nitrogens with two attached hydrogens (primary N) is 2. The molecule has 32 heavy (non-hydrogen) atoms. The van der Waals surface area contributed by atoms with Gasteiger partial charge < -0.3 is 37.4 Å². The van der Waals surface area contributed by atoms with E-state index in [0.717, 1.165) is 13.0 Å². The summed E-state index contributed by atoms with van der Waals surface area (Å²) in [4.78, 5) is 62.8. The lowest BCUT2D eigenvalue weighted by atomic mass is 10.1. The van der Waals surface area contributed by atoms with Crippen LogP contribution in [-0.4, -0.2) is 83.4 Å². The number of amides is 4. The van der Waals surface area contributed by atoms with Gasteiger partial charge in [0.25, 0.3) is 0 Å². The maximum absolute atomic E-state index is 12.9. The molecular formula is C20H34N6O6. The van der Waals surface area contributed by atoms with Gasteiger partial charge in [-0.25, -0.2) is 4.79 Å². The van der Waals surface area contributed by atoms with E-state index in [1.807, 2.05) is 0 Å². The van der Waals surface area contributed by atoms with Gasteiger partial charge in [-0.3, -0.25) is 19.2 Å². The summed E-state index contributed by atoms with van der Waals surface area (Å²) in [5.41, 5.74) is 10.7. The summed E-state index contributed by atoms with van der Waals surface area (Å²) in [6.07, 6.45) is 3.44. The van der Waals surface area contributed by atoms with Crippen LogP contribution in [0.5, 0.6) is 0 Å². The van der Waals surface area contributed by atoms with Crippen molar-refractivity contribution in [2.24, 2.45) is 11.5 Å². The van der Waals surface area contributed by atoms with Gasteiger partial charge in [-0.1, -0.05) is 0 Å². The number of carbonyl (C=O) groups excluding carboxylic acids is 4. The predicted molar refractivity (Wildman–Crippen MR) is 114 cm³/mol. The first-order chi connectivity index (χ1) is 15.2. The van der Waals surface area contributed by atoms with Gasteiger partial charge in [-0.2, -0.15) is 0 Å². The van der Waals surface area contributed by atoms with Crippen LogP contribution < -0.4 is 27.4 Å². The van der Waals surface area contributed by atoms with E-state index in [1.165, 1.54) is 4.90 Å². The SMILES string of the molecule is NCCCCC(NC(=O)C(CC(N)=O)NC(=O)C1CCCN1C(=O)C1CCCN1)C(=O)O. The number of hydrogen-bond acceptors (Lipinski definition) is 7. The van der Waals surface area contributed by atoms with Gasteiger partial charge in [0, 0.05) is 6.54 Å². The van der Waals surface area contributed by atoms with Gasteiger partial charge in [0.1, 0.15) is 18.1 Å². The fourth-order valence-corrected chi connectivity index (χ4v) is 4.10. The molecule has 0 aromatic carbocycles. The Kier molecular flexibility index (Phi) is 9.85. The fraction of sp³-hybridized carbons (Fsp3) is 0.750. The highest BCUT2D eigenvalue weighted by Gasteiger charge is 2.39. The predicted octanol–water partition coefficient (Wildman–Crippen LogP) is -2.21. The van der Waals surface area contributed by atoms with Crippen molar-refractivity contribution in [2.45, 2.75) is 75.5 Å². The van der Waals surface area contributed by atoms with Crippen LogP contribution in [0.1, 0.15) is 51.4 Å². The third kappa shape index (κ3) is 7.16. The van der Waals surface area contributed by atoms with E-state index in [-0.39, 0.29) is 18.4 Å². The number of rotatable bonds is 12. The van der Waals surface area contributed by atoms with E-state index in [0.29, 0.717) is 45.2 Å². The Morgan fingerprint density at radius 3 is 2.41 bits per heavy atom. The molecule has 180 valence electrons. The summed E-state index contributed by atoms with van der Waals surface area (Å²) in [5.74, 6) is -3.58. The molecule has 4 amide bonds. The second-order valence-corrected chi connectivity index (χ2v) is 8.25. The Balaban J connectivity index is 2.03. The summed E-state index contributed by atoms with van der Waals surface area (Å²) in [6.45, 7) is 1.58. The lowest BCUT2D eigenvalue weighted by molar-refractivity contribution is -0.143. The molecule has 2 aliphatic rings. The van der Waals surface area contributed by atoms with Crippen LogP contribution in [0.3, 0.4) is 0 Å². The monoisotopic (exact) mass is 454 g/mol. The molecule has 8 N–H and O–H groups in total. The molecule has 0 radical (unpaired) electrons. The lowest BCUT2D eigenvalue weighted by Gasteiger charge is -2.28. The van der Waals surface area contributed by atoms with Gasteiger partial charge in [-0.15, -0.1) is 0 Å². The zero-order chi connectivity index (χ0) is 23.7. The third-order valence-corrected chi connectivity index (χ3v) is 5.80. The van der Waals surface area contributed by atoms with Gasteiger partial charge >= 0.3 is 5.97 Å². The van der Waals surface area contributed by atoms with E-state index in [1.54, 1.807) is 0 Å². The molecule has 4 unspecified atom stereocenters. The number of hydrogen-bond donors (Lipinski definition) is 6. The summed E-state index contributed by atoms with van der Waals surface area (Å²) >= 11 is 0. The van der Waals surface area contributed by atoms with Crippen molar-refractivity contribution in [3.05, 3.63) is 0 Å². The molecule has 12 heteroatoms. The number of nitrogens with zero attached hydrogens (tertiary/aromatic N) is 1. The Hall–Kier alpha value is -2.73. The third-order valence-electron chi connectivity index (χ3n) is 5.80. The Morgan fingerprint density at radius 1 is 1.06 bits per heavy atom. The Morgan fingerprint density at radius 2 is 1.81 bits per heavy atom. The van der Waals surface area contributed by atoms with Crippen molar-refractivity contribution in [3.8, 4) is 0 Å². The maximum Gasteiger partial charge on any atom is 0.326 e. The zero-order valence-electron chi connectivity index (χ0n) is 18.2. The zero-order valence-corrected chi connectivity index (χ0v) is 18.2. The first-order valence-corrected chi connectivity index (χ1v) is 11.1. The molecular weight excluding hydrogens is 420 g/mol. The molecule has 2 heterocycles. The maximum atomic E-state index is 12.9. The molecule has 0 aromatic heterocycles. The lowest BCUT2D eigenvalue weighted by Crippen LogP contribution is -2.57. The minimum Gasteiger partial charge on any atom is -0.480 e. The van der Waals surface area contributed by atoms with Crippen LogP contribution in [0, 0.1) is 0 Å². The highest BCUT2D eigenvalue weighted by Crippen LogP contribution is 2.21. The van der Waals surface area contributed by atoms with E-state index in [9.17, 15) is 29.1 Å². The van der Waals surface area contributed by atoms with Crippen LogP contribution >= 0.6 is 0 Å². The summed E-state index contributed by atoms with van der Waals surface area (Å²) in [5, 5.41) is 17.3. The van der Waals surface area contributed by atoms with E-state index >= 15 is 0 Å². The fourth-order valence-electron chi connectivity index (χ4n) is 4.10. The normalized spacial score (nSPS) is 22.2. The van der Waals surface area contributed by atoms with Crippen molar-refractivity contribution in [1.29, 1.82) is 0 Å². The Labute approximate surface area is 186 Å². The highest BCUT2D eigenvalue weighted by atomic mass is 16.4. The van der Waals surface area contributed by atoms with E-state index in [4.69, 9.17) is 11.5 Å². The molecule has 0 spiro atoms. The number of carbonyl (C=O) groups is 5. The largest absolute Gasteiger partial charge is 0.480 e. The highest BCUT2D eigenvalue weighted by molar-refractivity contribution is 5.96. The van der Waals surface area contributed by atoms with Crippen LogP contribution in [0.15, 0.2) is 0 Å². The topological polar surface area (TPSA) is 197 Å². The van der Waals surface area contributed by atoms with Crippen LogP contribution in [-0.2, 0) is 24.0 Å². The summed E-state index contributed by atoms with van der Waals surface area (Å²) < 4.78 is 0. The van der Waals surface area contributed by atoms with Crippen LogP contribution in [0.25, 0.3) is 0 Å². The standard InChI is InChI=1S/C20H34N6O6/c21-8-2-1-5-13(20(31)32)24-17(28)14(11-16(22)27)25-18(29)15-7-4-10-26(15)19(30)12-6-3-9-23-12/h12-15,23H,1-11,21H2,(H2,22,27)(H,24,28)(H,25,29)(H,31,32). The molecule has 2 saturated heterocycles. The molecule has 0 aromatic rings. The number of unbranched alkanes of at least 4 members (excludes halogenated alkanes) is 1. The van der Waals surface area contributed by atoms with Crippen molar-refractivity contribution >= 4 is 29.6 Å². The minimum atomic E-state index is -1.33. The van der Waals surface area contributed by atoms with E-state index < -0.39 is 48.2 Å². The number of primary amides is 1. The average Bonchev–Trinajstić information content (AvgIpc) is 3.43. The quantitative estimate of drug-likeness (QED) is 0.178. The summed E-state index contributed by atoms with van der Waals surface area (Å²) in [7, 11) is 0. The van der Waals surface area contributed by atoms with Gasteiger partial charge in [-0.05, 0) is 58.0 Å². The molecule has 2 aliphatic heterocycles. The molecule has 4 atom stereocenters. The van der Waals surface area contributed by atoms with Crippen molar-refractivity contribution in [2.75, 3.05) is 19.6 Å². The average molecular weight is 455 g/mol. The molecule has 0 bridgehead atoms. The Bertz CT molecular complexity index is 711. The van der Waals surface area contributed by atoms with Crippen molar-refractivity contribution in [1.82, 2.24) is 20.9 Å². The number of nitrogens with one attached hydrogen (secondary N) is 3. The second-order valence-electron chi connectivity index (χ2n) is 8.25.